The van der Waals surface area contributed by atoms with Gasteiger partial charge in [0, 0.05) is 22.6 Å². The van der Waals surface area contributed by atoms with E-state index in [1.807, 2.05) is 24.3 Å². The lowest BCUT2D eigenvalue weighted by molar-refractivity contribution is 0.0992. The van der Waals surface area contributed by atoms with Crippen LogP contribution in [0.25, 0.3) is 0 Å². The molecule has 2 heterocycles. The van der Waals surface area contributed by atoms with Crippen molar-refractivity contribution in [2.24, 2.45) is 0 Å². The average Bonchev–Trinajstić information content (AvgIpc) is 3.04. The van der Waals surface area contributed by atoms with Gasteiger partial charge in [0.1, 0.15) is 18.1 Å². The van der Waals surface area contributed by atoms with Gasteiger partial charge in [0.25, 0.3) is 5.91 Å². The number of halogens is 1. The molecule has 0 unspecified atom stereocenters. The molecule has 6 heteroatoms. The first-order valence-electron chi connectivity index (χ1n) is 6.89. The van der Waals surface area contributed by atoms with Crippen molar-refractivity contribution in [1.82, 2.24) is 4.98 Å². The molecular weight excluding hydrogens is 360 g/mol. The first-order chi connectivity index (χ1) is 11.2. The standard InChI is InChI=1S/C17H13BrN2O3/c18-12-1-3-14(4-2-12)22-11-15-5-6-16(23-15)17(21)20-13-7-9-19-10-8-13/h1-10H,11H2,(H,19,20,21). The molecule has 23 heavy (non-hydrogen) atoms. The topological polar surface area (TPSA) is 64.4 Å². The highest BCUT2D eigenvalue weighted by atomic mass is 79.9. The highest BCUT2D eigenvalue weighted by Crippen LogP contribution is 2.18. The quantitative estimate of drug-likeness (QED) is 0.726. The molecule has 0 radical (unpaired) electrons. The fourth-order valence-electron chi connectivity index (χ4n) is 1.89. The number of benzene rings is 1. The molecular formula is C17H13BrN2O3. The number of nitrogens with zero attached hydrogens (tertiary/aromatic N) is 1. The third-order valence-electron chi connectivity index (χ3n) is 3.02. The van der Waals surface area contributed by atoms with E-state index >= 15 is 0 Å². The summed E-state index contributed by atoms with van der Waals surface area (Å²) in [6.07, 6.45) is 3.21. The summed E-state index contributed by atoms with van der Waals surface area (Å²) in [6.45, 7) is 0.254. The number of aromatic nitrogens is 1. The third kappa shape index (κ3) is 4.20. The second kappa shape index (κ2) is 7.11. The van der Waals surface area contributed by atoms with Crippen LogP contribution in [0.15, 0.2) is 69.8 Å². The maximum atomic E-state index is 12.1. The SMILES string of the molecule is O=C(Nc1ccncc1)c1ccc(COc2ccc(Br)cc2)o1. The van der Waals surface area contributed by atoms with Gasteiger partial charge in [-0.3, -0.25) is 9.78 Å². The maximum Gasteiger partial charge on any atom is 0.291 e. The molecule has 3 rings (SSSR count). The summed E-state index contributed by atoms with van der Waals surface area (Å²) in [5.41, 5.74) is 0.661. The summed E-state index contributed by atoms with van der Waals surface area (Å²) in [7, 11) is 0. The lowest BCUT2D eigenvalue weighted by Gasteiger charge is -2.04. The first-order valence-corrected chi connectivity index (χ1v) is 7.68. The minimum absolute atomic E-state index is 0.233. The molecule has 0 bridgehead atoms. The summed E-state index contributed by atoms with van der Waals surface area (Å²) in [5, 5.41) is 2.73. The van der Waals surface area contributed by atoms with E-state index in [-0.39, 0.29) is 18.3 Å². The van der Waals surface area contributed by atoms with E-state index in [0.717, 1.165) is 10.2 Å². The number of furan rings is 1. The predicted molar refractivity (Wildman–Crippen MR) is 89.4 cm³/mol. The summed E-state index contributed by atoms with van der Waals surface area (Å²) < 4.78 is 12.1. The smallest absolute Gasteiger partial charge is 0.291 e. The van der Waals surface area contributed by atoms with Crippen LogP contribution >= 0.6 is 15.9 Å². The number of anilines is 1. The Labute approximate surface area is 141 Å². The molecule has 0 aliphatic carbocycles. The summed E-state index contributed by atoms with van der Waals surface area (Å²) in [5.74, 6) is 1.22. The second-order valence-corrected chi connectivity index (χ2v) is 5.61. The molecule has 0 aliphatic heterocycles. The Hall–Kier alpha value is -2.60. The largest absolute Gasteiger partial charge is 0.486 e. The maximum absolute atomic E-state index is 12.1. The molecule has 1 N–H and O–H groups in total. The van der Waals surface area contributed by atoms with Crippen molar-refractivity contribution in [3.63, 3.8) is 0 Å². The van der Waals surface area contributed by atoms with Crippen LogP contribution in [-0.2, 0) is 6.61 Å². The van der Waals surface area contributed by atoms with Crippen LogP contribution < -0.4 is 10.1 Å². The van der Waals surface area contributed by atoms with Gasteiger partial charge in [-0.2, -0.15) is 0 Å². The zero-order valence-corrected chi connectivity index (χ0v) is 13.6. The van der Waals surface area contributed by atoms with E-state index in [1.165, 1.54) is 0 Å². The van der Waals surface area contributed by atoms with E-state index in [2.05, 4.69) is 26.2 Å². The Bertz CT molecular complexity index is 785. The molecule has 116 valence electrons. The van der Waals surface area contributed by atoms with Gasteiger partial charge in [-0.05, 0) is 48.5 Å². The Morgan fingerprint density at radius 1 is 1.09 bits per heavy atom. The zero-order valence-electron chi connectivity index (χ0n) is 12.0. The Morgan fingerprint density at radius 2 is 1.83 bits per heavy atom. The van der Waals surface area contributed by atoms with Crippen molar-refractivity contribution in [1.29, 1.82) is 0 Å². The summed E-state index contributed by atoms with van der Waals surface area (Å²) in [6, 6.07) is 14.2. The van der Waals surface area contributed by atoms with Crippen molar-refractivity contribution in [2.45, 2.75) is 6.61 Å². The molecule has 0 spiro atoms. The lowest BCUT2D eigenvalue weighted by Crippen LogP contribution is -2.10. The molecule has 1 aromatic carbocycles. The van der Waals surface area contributed by atoms with Crippen LogP contribution in [0, 0.1) is 0 Å². The first kappa shape index (κ1) is 15.3. The van der Waals surface area contributed by atoms with E-state index < -0.39 is 0 Å². The fourth-order valence-corrected chi connectivity index (χ4v) is 2.16. The van der Waals surface area contributed by atoms with Crippen LogP contribution in [0.4, 0.5) is 5.69 Å². The van der Waals surface area contributed by atoms with Crippen molar-refractivity contribution in [3.8, 4) is 5.75 Å². The van der Waals surface area contributed by atoms with E-state index in [1.54, 1.807) is 36.7 Å². The van der Waals surface area contributed by atoms with Crippen LogP contribution in [0.3, 0.4) is 0 Å². The molecule has 0 saturated carbocycles. The van der Waals surface area contributed by atoms with Gasteiger partial charge in [-0.15, -0.1) is 0 Å². The Kier molecular flexibility index (Phi) is 4.73. The number of amides is 1. The van der Waals surface area contributed by atoms with Gasteiger partial charge >= 0.3 is 0 Å². The van der Waals surface area contributed by atoms with Crippen molar-refractivity contribution in [3.05, 3.63) is 76.9 Å². The van der Waals surface area contributed by atoms with E-state index in [9.17, 15) is 4.79 Å². The number of ether oxygens (including phenoxy) is 1. The molecule has 0 saturated heterocycles. The average molecular weight is 373 g/mol. The van der Waals surface area contributed by atoms with E-state index in [0.29, 0.717) is 11.4 Å². The highest BCUT2D eigenvalue weighted by molar-refractivity contribution is 9.10. The van der Waals surface area contributed by atoms with Gasteiger partial charge in [0.2, 0.25) is 0 Å². The molecule has 0 atom stereocenters. The third-order valence-corrected chi connectivity index (χ3v) is 3.55. The number of pyridine rings is 1. The van der Waals surface area contributed by atoms with Gasteiger partial charge in [-0.1, -0.05) is 15.9 Å². The molecule has 2 aromatic heterocycles. The molecule has 0 aliphatic rings. The second-order valence-electron chi connectivity index (χ2n) is 4.70. The van der Waals surface area contributed by atoms with Gasteiger partial charge < -0.3 is 14.5 Å². The summed E-state index contributed by atoms with van der Waals surface area (Å²) >= 11 is 3.37. The zero-order chi connectivity index (χ0) is 16.1. The predicted octanol–water partition coefficient (Wildman–Crippen LogP) is 4.27. The molecule has 5 nitrogen and oxygen atoms in total. The number of hydrogen-bond acceptors (Lipinski definition) is 4. The number of rotatable bonds is 5. The monoisotopic (exact) mass is 372 g/mol. The number of carbonyl (C=O) groups is 1. The normalized spacial score (nSPS) is 10.3. The van der Waals surface area contributed by atoms with Crippen molar-refractivity contribution < 1.29 is 13.9 Å². The lowest BCUT2D eigenvalue weighted by atomic mass is 10.3. The van der Waals surface area contributed by atoms with Crippen LogP contribution in [0.2, 0.25) is 0 Å². The number of hydrogen-bond donors (Lipinski definition) is 1. The fraction of sp³-hybridized carbons (Fsp3) is 0.0588. The molecule has 0 fully saturated rings. The van der Waals surface area contributed by atoms with Gasteiger partial charge in [-0.25, -0.2) is 0 Å². The number of carbonyl (C=O) groups excluding carboxylic acids is 1. The number of nitrogens with one attached hydrogen (secondary N) is 1. The minimum atomic E-state index is -0.314. The highest BCUT2D eigenvalue weighted by Gasteiger charge is 2.11. The molecule has 3 aromatic rings. The van der Waals surface area contributed by atoms with Crippen molar-refractivity contribution >= 4 is 27.5 Å². The Balaban J connectivity index is 1.59. The summed E-state index contributed by atoms with van der Waals surface area (Å²) in [4.78, 5) is 16.0. The minimum Gasteiger partial charge on any atom is -0.486 e. The van der Waals surface area contributed by atoms with Gasteiger partial charge in [0.05, 0.1) is 0 Å². The van der Waals surface area contributed by atoms with Crippen LogP contribution in [0.1, 0.15) is 16.3 Å². The van der Waals surface area contributed by atoms with Crippen molar-refractivity contribution in [2.75, 3.05) is 5.32 Å². The van der Waals surface area contributed by atoms with Crippen LogP contribution in [-0.4, -0.2) is 10.9 Å². The van der Waals surface area contributed by atoms with Gasteiger partial charge in [0.15, 0.2) is 5.76 Å². The van der Waals surface area contributed by atoms with Crippen LogP contribution in [0.5, 0.6) is 5.75 Å². The molecule has 1 amide bonds. The van der Waals surface area contributed by atoms with E-state index in [4.69, 9.17) is 9.15 Å². The Morgan fingerprint density at radius 3 is 2.57 bits per heavy atom.